The van der Waals surface area contributed by atoms with Gasteiger partial charge in [-0.25, -0.2) is 0 Å². The lowest BCUT2D eigenvalue weighted by Crippen LogP contribution is -2.30. The molecule has 0 heterocycles. The average Bonchev–Trinajstić information content (AvgIpc) is 3.19. The third-order valence-electron chi connectivity index (χ3n) is 3.77. The first kappa shape index (κ1) is 14.5. The zero-order valence-corrected chi connectivity index (χ0v) is 12.0. The van der Waals surface area contributed by atoms with Crippen LogP contribution in [0.3, 0.4) is 0 Å². The summed E-state index contributed by atoms with van der Waals surface area (Å²) in [5, 5.41) is 13.1. The molecule has 1 aliphatic carbocycles. The molecule has 19 heavy (non-hydrogen) atoms. The van der Waals surface area contributed by atoms with Gasteiger partial charge in [0.25, 0.3) is 0 Å². The Labute approximate surface area is 116 Å². The van der Waals surface area contributed by atoms with Gasteiger partial charge in [0.15, 0.2) is 0 Å². The zero-order chi connectivity index (χ0) is 13.7. The van der Waals surface area contributed by atoms with Gasteiger partial charge in [-0.15, -0.1) is 0 Å². The van der Waals surface area contributed by atoms with Crippen molar-refractivity contribution in [3.05, 3.63) is 34.9 Å². The van der Waals surface area contributed by atoms with Crippen LogP contribution in [0.25, 0.3) is 0 Å². The van der Waals surface area contributed by atoms with Crippen LogP contribution in [0, 0.1) is 19.8 Å². The largest absolute Gasteiger partial charge is 0.389 e. The first-order chi connectivity index (χ1) is 9.16. The number of hydrogen-bond donors (Lipinski definition) is 2. The molecular formula is C16H25NO2. The molecule has 2 N–H and O–H groups in total. The van der Waals surface area contributed by atoms with Gasteiger partial charge in [-0.3, -0.25) is 0 Å². The Kier molecular flexibility index (Phi) is 5.37. The highest BCUT2D eigenvalue weighted by molar-refractivity contribution is 5.32. The van der Waals surface area contributed by atoms with Gasteiger partial charge in [0.2, 0.25) is 0 Å². The third-order valence-corrected chi connectivity index (χ3v) is 3.77. The molecule has 1 unspecified atom stereocenters. The van der Waals surface area contributed by atoms with Gasteiger partial charge in [0, 0.05) is 19.7 Å². The standard InChI is InChI=1S/C16H25NO2/c1-12-4-3-5-15(13(12)2)8-17-9-16(18)11-19-10-14-6-7-14/h3-5,14,16-18H,6-11H2,1-2H3. The molecule has 1 aromatic rings. The molecule has 106 valence electrons. The van der Waals surface area contributed by atoms with Crippen LogP contribution in [0.5, 0.6) is 0 Å². The maximum Gasteiger partial charge on any atom is 0.0897 e. The van der Waals surface area contributed by atoms with Crippen LogP contribution in [0.2, 0.25) is 0 Å². The minimum atomic E-state index is -0.413. The van der Waals surface area contributed by atoms with Crippen LogP contribution in [0.4, 0.5) is 0 Å². The molecule has 0 aliphatic heterocycles. The molecule has 0 aromatic heterocycles. The van der Waals surface area contributed by atoms with Gasteiger partial charge in [-0.05, 0) is 49.3 Å². The van der Waals surface area contributed by atoms with E-state index in [1.165, 1.54) is 29.5 Å². The van der Waals surface area contributed by atoms with E-state index in [4.69, 9.17) is 4.74 Å². The number of benzene rings is 1. The van der Waals surface area contributed by atoms with E-state index in [-0.39, 0.29) is 0 Å². The van der Waals surface area contributed by atoms with E-state index < -0.39 is 6.10 Å². The van der Waals surface area contributed by atoms with Crippen molar-refractivity contribution in [1.82, 2.24) is 5.32 Å². The first-order valence-electron chi connectivity index (χ1n) is 7.18. The molecule has 3 nitrogen and oxygen atoms in total. The van der Waals surface area contributed by atoms with Crippen molar-refractivity contribution < 1.29 is 9.84 Å². The van der Waals surface area contributed by atoms with Gasteiger partial charge in [-0.1, -0.05) is 18.2 Å². The van der Waals surface area contributed by atoms with Gasteiger partial charge in [0.1, 0.15) is 0 Å². The van der Waals surface area contributed by atoms with Crippen LogP contribution in [-0.2, 0) is 11.3 Å². The summed E-state index contributed by atoms with van der Waals surface area (Å²) in [4.78, 5) is 0. The molecule has 0 bridgehead atoms. The number of nitrogens with one attached hydrogen (secondary N) is 1. The van der Waals surface area contributed by atoms with E-state index in [0.29, 0.717) is 13.2 Å². The quantitative estimate of drug-likeness (QED) is 0.755. The predicted molar refractivity (Wildman–Crippen MR) is 77.2 cm³/mol. The van der Waals surface area contributed by atoms with E-state index in [2.05, 4.69) is 37.4 Å². The number of aliphatic hydroxyl groups excluding tert-OH is 1. The number of aliphatic hydroxyl groups is 1. The highest BCUT2D eigenvalue weighted by Crippen LogP contribution is 2.28. The average molecular weight is 263 g/mol. The van der Waals surface area contributed by atoms with Crippen LogP contribution in [0.1, 0.15) is 29.5 Å². The molecule has 2 rings (SSSR count). The van der Waals surface area contributed by atoms with Gasteiger partial charge in [-0.2, -0.15) is 0 Å². The van der Waals surface area contributed by atoms with E-state index in [1.54, 1.807) is 0 Å². The number of ether oxygens (including phenoxy) is 1. The van der Waals surface area contributed by atoms with E-state index in [0.717, 1.165) is 19.1 Å². The second-order valence-corrected chi connectivity index (χ2v) is 5.62. The molecule has 0 radical (unpaired) electrons. The maximum atomic E-state index is 9.80. The number of rotatable bonds is 8. The van der Waals surface area contributed by atoms with Crippen LogP contribution < -0.4 is 5.32 Å². The fraction of sp³-hybridized carbons (Fsp3) is 0.625. The molecule has 1 aliphatic rings. The lowest BCUT2D eigenvalue weighted by Gasteiger charge is -2.14. The fourth-order valence-corrected chi connectivity index (χ4v) is 2.09. The lowest BCUT2D eigenvalue weighted by molar-refractivity contribution is 0.0324. The summed E-state index contributed by atoms with van der Waals surface area (Å²) in [6.45, 7) is 6.90. The van der Waals surface area contributed by atoms with Crippen LogP contribution in [0.15, 0.2) is 18.2 Å². The maximum absolute atomic E-state index is 9.80. The van der Waals surface area contributed by atoms with Gasteiger partial charge in [0.05, 0.1) is 12.7 Å². The summed E-state index contributed by atoms with van der Waals surface area (Å²) >= 11 is 0. The molecule has 0 spiro atoms. The van der Waals surface area contributed by atoms with Crippen LogP contribution >= 0.6 is 0 Å². The summed E-state index contributed by atoms with van der Waals surface area (Å²) in [7, 11) is 0. The minimum Gasteiger partial charge on any atom is -0.389 e. The normalized spacial score (nSPS) is 16.6. The smallest absolute Gasteiger partial charge is 0.0897 e. The number of aryl methyl sites for hydroxylation is 1. The molecule has 0 amide bonds. The topological polar surface area (TPSA) is 41.5 Å². The van der Waals surface area contributed by atoms with Crippen molar-refractivity contribution in [1.29, 1.82) is 0 Å². The summed E-state index contributed by atoms with van der Waals surface area (Å²) in [6, 6.07) is 6.33. The Morgan fingerprint density at radius 1 is 1.37 bits per heavy atom. The Balaban J connectivity index is 1.63. The SMILES string of the molecule is Cc1cccc(CNCC(O)COCC2CC2)c1C. The van der Waals surface area contributed by atoms with Gasteiger partial charge < -0.3 is 15.2 Å². The van der Waals surface area contributed by atoms with Gasteiger partial charge >= 0.3 is 0 Å². The zero-order valence-electron chi connectivity index (χ0n) is 12.0. The Bertz CT molecular complexity index is 402. The summed E-state index contributed by atoms with van der Waals surface area (Å²) in [5.74, 6) is 0.759. The van der Waals surface area contributed by atoms with Crippen LogP contribution in [-0.4, -0.2) is 31.0 Å². The monoisotopic (exact) mass is 263 g/mol. The third kappa shape index (κ3) is 4.94. The highest BCUT2D eigenvalue weighted by atomic mass is 16.5. The molecule has 1 saturated carbocycles. The second kappa shape index (κ2) is 7.04. The number of hydrogen-bond acceptors (Lipinski definition) is 3. The Morgan fingerprint density at radius 2 is 2.16 bits per heavy atom. The van der Waals surface area contributed by atoms with Crippen molar-refractivity contribution in [3.63, 3.8) is 0 Å². The van der Waals surface area contributed by atoms with Crippen molar-refractivity contribution in [2.24, 2.45) is 5.92 Å². The molecule has 1 fully saturated rings. The Morgan fingerprint density at radius 3 is 2.89 bits per heavy atom. The predicted octanol–water partition coefficient (Wildman–Crippen LogP) is 2.18. The summed E-state index contributed by atoms with van der Waals surface area (Å²) < 4.78 is 5.47. The van der Waals surface area contributed by atoms with E-state index in [1.807, 2.05) is 0 Å². The van der Waals surface area contributed by atoms with Crippen molar-refractivity contribution >= 4 is 0 Å². The molecule has 1 aromatic carbocycles. The lowest BCUT2D eigenvalue weighted by atomic mass is 10.0. The van der Waals surface area contributed by atoms with Crippen molar-refractivity contribution in [3.8, 4) is 0 Å². The first-order valence-corrected chi connectivity index (χ1v) is 7.18. The van der Waals surface area contributed by atoms with Crippen molar-refractivity contribution in [2.45, 2.75) is 39.3 Å². The minimum absolute atomic E-state index is 0.413. The van der Waals surface area contributed by atoms with Crippen molar-refractivity contribution in [2.75, 3.05) is 19.8 Å². The highest BCUT2D eigenvalue weighted by Gasteiger charge is 2.21. The molecular weight excluding hydrogens is 238 g/mol. The molecule has 0 saturated heterocycles. The second-order valence-electron chi connectivity index (χ2n) is 5.62. The molecule has 3 heteroatoms. The summed E-state index contributed by atoms with van der Waals surface area (Å²) in [6.07, 6.45) is 2.17. The van der Waals surface area contributed by atoms with E-state index >= 15 is 0 Å². The molecule has 1 atom stereocenters. The van der Waals surface area contributed by atoms with E-state index in [9.17, 15) is 5.11 Å². The Hall–Kier alpha value is -0.900. The summed E-state index contributed by atoms with van der Waals surface area (Å²) in [5.41, 5.74) is 3.94. The fourth-order valence-electron chi connectivity index (χ4n) is 2.09.